The summed E-state index contributed by atoms with van der Waals surface area (Å²) in [5, 5.41) is 0. The molecule has 154 valence electrons. The fourth-order valence-corrected chi connectivity index (χ4v) is 7.08. The molecule has 4 rings (SSSR count). The summed E-state index contributed by atoms with van der Waals surface area (Å²) in [6.45, 7) is 9.57. The van der Waals surface area contributed by atoms with Crippen molar-refractivity contribution in [3.05, 3.63) is 0 Å². The van der Waals surface area contributed by atoms with Crippen LogP contribution in [0.3, 0.4) is 0 Å². The third-order valence-corrected chi connectivity index (χ3v) is 9.38. The van der Waals surface area contributed by atoms with Crippen LogP contribution in [0, 0.1) is 40.9 Å². The zero-order valence-corrected chi connectivity index (χ0v) is 18.2. The summed E-state index contributed by atoms with van der Waals surface area (Å²) >= 11 is 0. The van der Waals surface area contributed by atoms with E-state index >= 15 is 0 Å². The van der Waals surface area contributed by atoms with Crippen LogP contribution >= 0.6 is 0 Å². The Labute approximate surface area is 167 Å². The number of ether oxygens (including phenoxy) is 1. The molecule has 0 aromatic rings. The van der Waals surface area contributed by atoms with Crippen molar-refractivity contribution in [1.82, 2.24) is 0 Å². The smallest absolute Gasteiger partial charge is 0.139 e. The third kappa shape index (κ3) is 3.89. The molecule has 6 atom stereocenters. The van der Waals surface area contributed by atoms with Gasteiger partial charge < -0.3 is 4.74 Å². The van der Waals surface area contributed by atoms with Gasteiger partial charge in [0.25, 0.3) is 0 Å². The first kappa shape index (κ1) is 19.9. The van der Waals surface area contributed by atoms with Crippen LogP contribution < -0.4 is 0 Å². The fraction of sp³-hybridized carbons (Fsp3) is 0.960. The first-order valence-corrected chi connectivity index (χ1v) is 12.1. The van der Waals surface area contributed by atoms with Gasteiger partial charge in [-0.2, -0.15) is 0 Å². The van der Waals surface area contributed by atoms with E-state index in [-0.39, 0.29) is 0 Å². The molecular weight excluding hydrogens is 332 g/mol. The molecule has 4 fully saturated rings. The summed E-state index contributed by atoms with van der Waals surface area (Å²) in [4.78, 5) is 13.4. The van der Waals surface area contributed by atoms with Crippen molar-refractivity contribution in [2.75, 3.05) is 0 Å². The Morgan fingerprint density at radius 2 is 1.44 bits per heavy atom. The number of carbonyl (C=O) groups excluding carboxylic acids is 1. The molecule has 1 aliphatic heterocycles. The zero-order chi connectivity index (χ0) is 19.2. The lowest BCUT2D eigenvalue weighted by atomic mass is 9.64. The Bertz CT molecular complexity index is 530. The van der Waals surface area contributed by atoms with Gasteiger partial charge in [0.2, 0.25) is 0 Å². The second-order valence-corrected chi connectivity index (χ2v) is 11.3. The van der Waals surface area contributed by atoms with Crippen molar-refractivity contribution in [2.45, 2.75) is 111 Å². The van der Waals surface area contributed by atoms with Crippen LogP contribution in [0.5, 0.6) is 0 Å². The summed E-state index contributed by atoms with van der Waals surface area (Å²) in [7, 11) is 0. The molecule has 0 aromatic carbocycles. The Balaban J connectivity index is 1.34. The zero-order valence-electron chi connectivity index (χ0n) is 18.2. The Morgan fingerprint density at radius 3 is 2.11 bits per heavy atom. The molecule has 0 spiro atoms. The number of hydrogen-bond donors (Lipinski definition) is 0. The molecule has 0 radical (unpaired) electrons. The lowest BCUT2D eigenvalue weighted by molar-refractivity contribution is -0.130. The highest BCUT2D eigenvalue weighted by molar-refractivity contribution is 5.83. The normalized spacial score (nSPS) is 45.2. The lowest BCUT2D eigenvalue weighted by Gasteiger charge is -2.40. The van der Waals surface area contributed by atoms with Crippen molar-refractivity contribution < 1.29 is 9.53 Å². The number of rotatable bonds is 4. The number of fused-ring (bicyclic) bond motifs is 3. The minimum absolute atomic E-state index is 0.339. The SMILES string of the molecule is CCC(C)(C)C1CCC(C(=O)C2CCC3OC4CCC(C)CC4C3C2)CC1. The van der Waals surface area contributed by atoms with Crippen LogP contribution in [0.2, 0.25) is 0 Å². The largest absolute Gasteiger partial charge is 0.374 e. The summed E-state index contributed by atoms with van der Waals surface area (Å²) in [6.07, 6.45) is 14.4. The van der Waals surface area contributed by atoms with Gasteiger partial charge >= 0.3 is 0 Å². The van der Waals surface area contributed by atoms with E-state index < -0.39 is 0 Å². The first-order valence-electron chi connectivity index (χ1n) is 12.1. The molecule has 27 heavy (non-hydrogen) atoms. The molecule has 0 aromatic heterocycles. The summed E-state index contributed by atoms with van der Waals surface area (Å²) in [5.41, 5.74) is 0.444. The average Bonchev–Trinajstić information content (AvgIpc) is 3.04. The van der Waals surface area contributed by atoms with Crippen molar-refractivity contribution in [2.24, 2.45) is 40.9 Å². The molecule has 0 bridgehead atoms. The average molecular weight is 375 g/mol. The summed E-state index contributed by atoms with van der Waals surface area (Å²) < 4.78 is 6.44. The highest BCUT2D eigenvalue weighted by Gasteiger charge is 2.50. The van der Waals surface area contributed by atoms with Gasteiger partial charge in [0.15, 0.2) is 0 Å². The predicted octanol–water partition coefficient (Wildman–Crippen LogP) is 6.42. The molecule has 3 aliphatic carbocycles. The molecule has 2 heteroatoms. The van der Waals surface area contributed by atoms with Gasteiger partial charge in [0, 0.05) is 11.8 Å². The minimum atomic E-state index is 0.339. The molecule has 0 N–H and O–H groups in total. The van der Waals surface area contributed by atoms with E-state index in [0.29, 0.717) is 41.2 Å². The van der Waals surface area contributed by atoms with Gasteiger partial charge in [-0.1, -0.05) is 34.1 Å². The summed E-state index contributed by atoms with van der Waals surface area (Å²) in [5.74, 6) is 4.42. The topological polar surface area (TPSA) is 26.3 Å². The maximum absolute atomic E-state index is 13.4. The predicted molar refractivity (Wildman–Crippen MR) is 111 cm³/mol. The number of ketones is 1. The van der Waals surface area contributed by atoms with Crippen molar-refractivity contribution in [3.8, 4) is 0 Å². The Morgan fingerprint density at radius 1 is 0.852 bits per heavy atom. The van der Waals surface area contributed by atoms with E-state index in [4.69, 9.17) is 4.74 Å². The van der Waals surface area contributed by atoms with Gasteiger partial charge in [-0.3, -0.25) is 4.79 Å². The molecule has 1 saturated heterocycles. The second kappa shape index (κ2) is 7.81. The monoisotopic (exact) mass is 374 g/mol. The maximum Gasteiger partial charge on any atom is 0.139 e. The van der Waals surface area contributed by atoms with E-state index in [0.717, 1.165) is 49.9 Å². The molecule has 1 heterocycles. The van der Waals surface area contributed by atoms with Gasteiger partial charge in [-0.05, 0) is 93.3 Å². The lowest BCUT2D eigenvalue weighted by Crippen LogP contribution is -2.38. The van der Waals surface area contributed by atoms with Gasteiger partial charge in [-0.15, -0.1) is 0 Å². The fourth-order valence-electron chi connectivity index (χ4n) is 7.08. The molecule has 3 saturated carbocycles. The quantitative estimate of drug-likeness (QED) is 0.567. The van der Waals surface area contributed by atoms with Gasteiger partial charge in [0.1, 0.15) is 5.78 Å². The van der Waals surface area contributed by atoms with Crippen LogP contribution in [-0.2, 0) is 9.53 Å². The number of Topliss-reactive ketones (excluding diaryl/α,β-unsaturated/α-hetero) is 1. The number of hydrogen-bond acceptors (Lipinski definition) is 2. The van der Waals surface area contributed by atoms with Crippen LogP contribution in [0.15, 0.2) is 0 Å². The van der Waals surface area contributed by atoms with E-state index in [1.54, 1.807) is 0 Å². The van der Waals surface area contributed by atoms with Crippen LogP contribution in [0.1, 0.15) is 98.3 Å². The van der Waals surface area contributed by atoms with Crippen molar-refractivity contribution in [1.29, 1.82) is 0 Å². The minimum Gasteiger partial charge on any atom is -0.374 e. The van der Waals surface area contributed by atoms with Crippen molar-refractivity contribution in [3.63, 3.8) is 0 Å². The van der Waals surface area contributed by atoms with Crippen LogP contribution in [0.4, 0.5) is 0 Å². The third-order valence-electron chi connectivity index (χ3n) is 9.38. The molecule has 0 amide bonds. The first-order chi connectivity index (χ1) is 12.9. The summed E-state index contributed by atoms with van der Waals surface area (Å²) in [6, 6.07) is 0. The van der Waals surface area contributed by atoms with E-state index in [2.05, 4.69) is 27.7 Å². The molecule has 2 nitrogen and oxygen atoms in total. The standard InChI is InChI=1S/C25H42O2/c1-5-25(3,4)19-10-7-17(8-11-19)24(26)18-9-13-23-21(15-18)20-14-16(2)6-12-22(20)27-23/h16-23H,5-15H2,1-4H3. The highest BCUT2D eigenvalue weighted by atomic mass is 16.5. The maximum atomic E-state index is 13.4. The van der Waals surface area contributed by atoms with Gasteiger partial charge in [0.05, 0.1) is 12.2 Å². The highest BCUT2D eigenvalue weighted by Crippen LogP contribution is 2.51. The van der Waals surface area contributed by atoms with Crippen LogP contribution in [0.25, 0.3) is 0 Å². The molecule has 4 aliphatic rings. The molecular formula is C25H42O2. The second-order valence-electron chi connectivity index (χ2n) is 11.3. The number of carbonyl (C=O) groups is 1. The Kier molecular flexibility index (Phi) is 5.76. The van der Waals surface area contributed by atoms with E-state index in [9.17, 15) is 4.79 Å². The Hall–Kier alpha value is -0.370. The van der Waals surface area contributed by atoms with Gasteiger partial charge in [-0.25, -0.2) is 0 Å². The van der Waals surface area contributed by atoms with E-state index in [1.165, 1.54) is 38.5 Å². The van der Waals surface area contributed by atoms with Crippen LogP contribution in [-0.4, -0.2) is 18.0 Å². The van der Waals surface area contributed by atoms with E-state index in [1.807, 2.05) is 0 Å². The molecule has 6 unspecified atom stereocenters. The van der Waals surface area contributed by atoms with Crippen molar-refractivity contribution >= 4 is 5.78 Å².